The van der Waals surface area contributed by atoms with Crippen molar-refractivity contribution >= 4 is 5.97 Å². The van der Waals surface area contributed by atoms with Crippen molar-refractivity contribution in [3.8, 4) is 11.5 Å². The second kappa shape index (κ2) is 8.41. The standard InChI is InChI=1S/C21H30O4/c1-4-6-7-8-15-12-17(22)19(20(23)18(15)21(24)25)16-11-13(3)9-10-14(16)5-2/h11-12,14,16,22-23H,4-10H2,1-3H3,(H,24,25)/t14-,16-/m1/s1. The predicted octanol–water partition coefficient (Wildman–Crippen LogP) is 5.38. The fraction of sp³-hybridized carbons (Fsp3) is 0.571. The van der Waals surface area contributed by atoms with Crippen molar-refractivity contribution in [2.45, 2.75) is 71.6 Å². The number of phenolic OH excluding ortho intramolecular Hbond substituents is 1. The number of unbranched alkanes of at least 4 members (excludes halogenated alkanes) is 2. The number of carbonyl (C=O) groups is 1. The minimum atomic E-state index is -1.13. The molecular formula is C21H30O4. The molecule has 0 amide bonds. The first-order valence-corrected chi connectivity index (χ1v) is 9.38. The van der Waals surface area contributed by atoms with E-state index in [2.05, 4.69) is 19.9 Å². The highest BCUT2D eigenvalue weighted by atomic mass is 16.4. The number of phenols is 2. The van der Waals surface area contributed by atoms with Gasteiger partial charge in [-0.3, -0.25) is 0 Å². The molecule has 25 heavy (non-hydrogen) atoms. The van der Waals surface area contributed by atoms with Crippen molar-refractivity contribution in [2.75, 3.05) is 0 Å². The lowest BCUT2D eigenvalue weighted by molar-refractivity contribution is 0.0692. The summed E-state index contributed by atoms with van der Waals surface area (Å²) >= 11 is 0. The number of hydrogen-bond acceptors (Lipinski definition) is 3. The van der Waals surface area contributed by atoms with Gasteiger partial charge in [0.25, 0.3) is 0 Å². The Morgan fingerprint density at radius 2 is 1.96 bits per heavy atom. The first kappa shape index (κ1) is 19.4. The highest BCUT2D eigenvalue weighted by Crippen LogP contribution is 2.47. The van der Waals surface area contributed by atoms with Crippen molar-refractivity contribution < 1.29 is 20.1 Å². The van der Waals surface area contributed by atoms with Crippen LogP contribution in [0.25, 0.3) is 0 Å². The third-order valence-corrected chi connectivity index (χ3v) is 5.40. The fourth-order valence-electron chi connectivity index (χ4n) is 3.95. The summed E-state index contributed by atoms with van der Waals surface area (Å²) in [6, 6.07) is 1.55. The zero-order valence-electron chi connectivity index (χ0n) is 15.5. The third kappa shape index (κ3) is 4.17. The van der Waals surface area contributed by atoms with E-state index in [0.717, 1.165) is 38.5 Å². The van der Waals surface area contributed by atoms with E-state index >= 15 is 0 Å². The summed E-state index contributed by atoms with van der Waals surface area (Å²) in [4.78, 5) is 11.8. The van der Waals surface area contributed by atoms with Gasteiger partial charge in [-0.1, -0.05) is 44.8 Å². The Morgan fingerprint density at radius 3 is 2.56 bits per heavy atom. The Balaban J connectivity index is 2.53. The normalized spacial score (nSPS) is 20.4. The van der Waals surface area contributed by atoms with Crippen molar-refractivity contribution in [3.63, 3.8) is 0 Å². The van der Waals surface area contributed by atoms with E-state index in [1.807, 2.05) is 6.92 Å². The van der Waals surface area contributed by atoms with Crippen LogP contribution in [0, 0.1) is 5.92 Å². The van der Waals surface area contributed by atoms with Gasteiger partial charge in [0.15, 0.2) is 0 Å². The van der Waals surface area contributed by atoms with Gasteiger partial charge in [-0.05, 0) is 50.2 Å². The first-order chi connectivity index (χ1) is 11.9. The van der Waals surface area contributed by atoms with Gasteiger partial charge in [-0.25, -0.2) is 4.79 Å². The molecule has 1 aromatic rings. The van der Waals surface area contributed by atoms with Crippen LogP contribution >= 0.6 is 0 Å². The molecule has 1 aliphatic rings. The molecule has 1 aliphatic carbocycles. The number of aromatic carboxylic acids is 1. The van der Waals surface area contributed by atoms with Crippen LogP contribution in [0.1, 0.15) is 86.7 Å². The lowest BCUT2D eigenvalue weighted by atomic mass is 9.74. The van der Waals surface area contributed by atoms with Gasteiger partial charge in [-0.15, -0.1) is 0 Å². The minimum Gasteiger partial charge on any atom is -0.507 e. The van der Waals surface area contributed by atoms with E-state index in [1.165, 1.54) is 5.57 Å². The molecule has 0 bridgehead atoms. The molecule has 2 atom stereocenters. The average Bonchev–Trinajstić information content (AvgIpc) is 2.54. The van der Waals surface area contributed by atoms with E-state index in [-0.39, 0.29) is 23.0 Å². The summed E-state index contributed by atoms with van der Waals surface area (Å²) < 4.78 is 0. The Morgan fingerprint density at radius 1 is 1.24 bits per heavy atom. The van der Waals surface area contributed by atoms with Crippen LogP contribution in [0.2, 0.25) is 0 Å². The van der Waals surface area contributed by atoms with E-state index in [9.17, 15) is 20.1 Å². The molecule has 3 N–H and O–H groups in total. The lowest BCUT2D eigenvalue weighted by Crippen LogP contribution is -2.17. The molecule has 4 heteroatoms. The van der Waals surface area contributed by atoms with Gasteiger partial charge in [0, 0.05) is 11.5 Å². The Bertz CT molecular complexity index is 660. The summed E-state index contributed by atoms with van der Waals surface area (Å²) in [6.45, 7) is 6.22. The van der Waals surface area contributed by atoms with Gasteiger partial charge in [0.05, 0.1) is 0 Å². The molecule has 0 heterocycles. The van der Waals surface area contributed by atoms with Gasteiger partial charge >= 0.3 is 5.97 Å². The number of allylic oxidation sites excluding steroid dienone is 2. The highest BCUT2D eigenvalue weighted by Gasteiger charge is 2.31. The van der Waals surface area contributed by atoms with Crippen molar-refractivity contribution in [3.05, 3.63) is 34.4 Å². The summed E-state index contributed by atoms with van der Waals surface area (Å²) in [5, 5.41) is 31.0. The smallest absolute Gasteiger partial charge is 0.339 e. The van der Waals surface area contributed by atoms with Crippen LogP contribution in [0.5, 0.6) is 11.5 Å². The van der Waals surface area contributed by atoms with Crippen LogP contribution in [0.3, 0.4) is 0 Å². The zero-order chi connectivity index (χ0) is 18.6. The number of hydrogen-bond donors (Lipinski definition) is 3. The monoisotopic (exact) mass is 346 g/mol. The van der Waals surface area contributed by atoms with Crippen LogP contribution in [0.15, 0.2) is 17.7 Å². The zero-order valence-corrected chi connectivity index (χ0v) is 15.5. The highest BCUT2D eigenvalue weighted by molar-refractivity contribution is 5.94. The number of rotatable bonds is 7. The largest absolute Gasteiger partial charge is 0.507 e. The van der Waals surface area contributed by atoms with Crippen molar-refractivity contribution in [2.24, 2.45) is 5.92 Å². The van der Waals surface area contributed by atoms with Crippen LogP contribution in [-0.2, 0) is 6.42 Å². The number of aromatic hydroxyl groups is 2. The predicted molar refractivity (Wildman–Crippen MR) is 99.5 cm³/mol. The molecular weight excluding hydrogens is 316 g/mol. The maximum atomic E-state index is 11.8. The number of carboxylic acid groups (broad SMARTS) is 1. The fourth-order valence-corrected chi connectivity index (χ4v) is 3.95. The molecule has 2 rings (SSSR count). The van der Waals surface area contributed by atoms with E-state index in [4.69, 9.17) is 0 Å². The van der Waals surface area contributed by atoms with E-state index in [0.29, 0.717) is 23.5 Å². The average molecular weight is 346 g/mol. The Hall–Kier alpha value is -1.97. The molecule has 0 unspecified atom stereocenters. The van der Waals surface area contributed by atoms with E-state index in [1.54, 1.807) is 6.07 Å². The SMILES string of the molecule is CCCCCc1cc(O)c([C@@H]2C=C(C)CC[C@H]2CC)c(O)c1C(=O)O. The summed E-state index contributed by atoms with van der Waals surface area (Å²) in [7, 11) is 0. The lowest BCUT2D eigenvalue weighted by Gasteiger charge is -2.30. The molecule has 138 valence electrons. The van der Waals surface area contributed by atoms with E-state index < -0.39 is 5.97 Å². The molecule has 0 aromatic heterocycles. The first-order valence-electron chi connectivity index (χ1n) is 9.38. The molecule has 0 saturated heterocycles. The van der Waals surface area contributed by atoms with Gasteiger partial charge < -0.3 is 15.3 Å². The van der Waals surface area contributed by atoms with Gasteiger partial charge in [-0.2, -0.15) is 0 Å². The summed E-state index contributed by atoms with van der Waals surface area (Å²) in [5.41, 5.74) is 2.07. The van der Waals surface area contributed by atoms with Crippen molar-refractivity contribution in [1.29, 1.82) is 0 Å². The maximum Gasteiger partial charge on any atom is 0.339 e. The van der Waals surface area contributed by atoms with Crippen molar-refractivity contribution in [1.82, 2.24) is 0 Å². The minimum absolute atomic E-state index is 0.0170. The second-order valence-corrected chi connectivity index (χ2v) is 7.20. The quantitative estimate of drug-likeness (QED) is 0.457. The number of aryl methyl sites for hydroxylation is 1. The molecule has 0 aliphatic heterocycles. The maximum absolute atomic E-state index is 11.8. The number of benzene rings is 1. The summed E-state index contributed by atoms with van der Waals surface area (Å²) in [6.07, 6.45) is 8.42. The molecule has 1 aromatic carbocycles. The Labute approximate surface area is 150 Å². The molecule has 0 radical (unpaired) electrons. The molecule has 0 fully saturated rings. The van der Waals surface area contributed by atoms with Gasteiger partial charge in [0.2, 0.25) is 0 Å². The second-order valence-electron chi connectivity index (χ2n) is 7.20. The molecule has 4 nitrogen and oxygen atoms in total. The summed E-state index contributed by atoms with van der Waals surface area (Å²) in [5.74, 6) is -1.21. The molecule has 0 spiro atoms. The molecule has 0 saturated carbocycles. The van der Waals surface area contributed by atoms with Crippen LogP contribution in [0.4, 0.5) is 0 Å². The third-order valence-electron chi connectivity index (χ3n) is 5.40. The number of carboxylic acids is 1. The van der Waals surface area contributed by atoms with Crippen LogP contribution in [-0.4, -0.2) is 21.3 Å². The van der Waals surface area contributed by atoms with Crippen LogP contribution < -0.4 is 0 Å². The topological polar surface area (TPSA) is 77.8 Å². The Kier molecular flexibility index (Phi) is 6.51. The van der Waals surface area contributed by atoms with Gasteiger partial charge in [0.1, 0.15) is 17.1 Å².